The van der Waals surface area contributed by atoms with E-state index in [0.717, 1.165) is 25.9 Å². The molecule has 1 aromatic carbocycles. The van der Waals surface area contributed by atoms with Gasteiger partial charge in [-0.05, 0) is 37.5 Å². The smallest absolute Gasteiger partial charge is 0.255 e. The molecule has 19 heavy (non-hydrogen) atoms. The minimum absolute atomic E-state index is 0.0529. The highest BCUT2D eigenvalue weighted by atomic mass is 16.5. The number of benzene rings is 1. The minimum Gasteiger partial charge on any atom is -0.507 e. The highest BCUT2D eigenvalue weighted by Crippen LogP contribution is 2.22. The van der Waals surface area contributed by atoms with Crippen LogP contribution in [0.1, 0.15) is 29.6 Å². The molecule has 2 N–H and O–H groups in total. The first-order chi connectivity index (χ1) is 9.20. The number of phenols is 1. The second-order valence-electron chi connectivity index (χ2n) is 4.58. The Morgan fingerprint density at radius 2 is 2.37 bits per heavy atom. The van der Waals surface area contributed by atoms with E-state index in [-0.39, 0.29) is 23.3 Å². The van der Waals surface area contributed by atoms with Crippen molar-refractivity contribution >= 4 is 5.91 Å². The number of carbonyl (C=O) groups is 1. The molecular weight excluding hydrogens is 246 g/mol. The highest BCUT2D eigenvalue weighted by Gasteiger charge is 2.17. The SMILES string of the molecule is COc1ccc(O)c(C(=O)NCC2CCCCO2)c1. The van der Waals surface area contributed by atoms with Crippen molar-refractivity contribution in [1.29, 1.82) is 0 Å². The highest BCUT2D eigenvalue weighted by molar-refractivity contribution is 5.97. The van der Waals surface area contributed by atoms with Crippen molar-refractivity contribution < 1.29 is 19.4 Å². The summed E-state index contributed by atoms with van der Waals surface area (Å²) in [7, 11) is 1.52. The molecule has 0 aliphatic carbocycles. The van der Waals surface area contributed by atoms with E-state index in [0.29, 0.717) is 12.3 Å². The van der Waals surface area contributed by atoms with Crippen LogP contribution in [-0.2, 0) is 4.74 Å². The van der Waals surface area contributed by atoms with Gasteiger partial charge in [0.15, 0.2) is 0 Å². The third-order valence-corrected chi connectivity index (χ3v) is 3.21. The Hall–Kier alpha value is -1.75. The molecule has 1 aliphatic rings. The van der Waals surface area contributed by atoms with Crippen molar-refractivity contribution in [2.75, 3.05) is 20.3 Å². The van der Waals surface area contributed by atoms with Gasteiger partial charge in [-0.25, -0.2) is 0 Å². The van der Waals surface area contributed by atoms with Crippen LogP contribution in [0.25, 0.3) is 0 Å². The van der Waals surface area contributed by atoms with Crippen molar-refractivity contribution in [3.63, 3.8) is 0 Å². The number of phenolic OH excluding ortho intramolecular Hbond substituents is 1. The molecule has 1 fully saturated rings. The van der Waals surface area contributed by atoms with Gasteiger partial charge in [0.05, 0.1) is 18.8 Å². The van der Waals surface area contributed by atoms with Crippen LogP contribution in [0.2, 0.25) is 0 Å². The van der Waals surface area contributed by atoms with E-state index in [1.165, 1.54) is 19.2 Å². The topological polar surface area (TPSA) is 67.8 Å². The summed E-state index contributed by atoms with van der Waals surface area (Å²) >= 11 is 0. The zero-order valence-corrected chi connectivity index (χ0v) is 11.0. The number of hydrogen-bond donors (Lipinski definition) is 2. The number of nitrogens with one attached hydrogen (secondary N) is 1. The summed E-state index contributed by atoms with van der Waals surface area (Å²) in [6.45, 7) is 1.22. The lowest BCUT2D eigenvalue weighted by Crippen LogP contribution is -2.35. The average molecular weight is 265 g/mol. The van der Waals surface area contributed by atoms with Gasteiger partial charge in [0, 0.05) is 13.2 Å². The Morgan fingerprint density at radius 1 is 1.53 bits per heavy atom. The van der Waals surface area contributed by atoms with E-state index < -0.39 is 0 Å². The third kappa shape index (κ3) is 3.61. The van der Waals surface area contributed by atoms with Crippen LogP contribution in [0.5, 0.6) is 11.5 Å². The lowest BCUT2D eigenvalue weighted by Gasteiger charge is -2.22. The number of hydrogen-bond acceptors (Lipinski definition) is 4. The monoisotopic (exact) mass is 265 g/mol. The van der Waals surface area contributed by atoms with Crippen LogP contribution in [0, 0.1) is 0 Å². The normalized spacial score (nSPS) is 18.9. The Labute approximate surface area is 112 Å². The van der Waals surface area contributed by atoms with E-state index in [1.807, 2.05) is 0 Å². The van der Waals surface area contributed by atoms with Crippen molar-refractivity contribution in [3.8, 4) is 11.5 Å². The maximum atomic E-state index is 12.0. The Kier molecular flexibility index (Phi) is 4.63. The molecule has 0 saturated carbocycles. The van der Waals surface area contributed by atoms with Crippen molar-refractivity contribution in [2.24, 2.45) is 0 Å². The van der Waals surface area contributed by atoms with Gasteiger partial charge < -0.3 is 19.9 Å². The van der Waals surface area contributed by atoms with Crippen LogP contribution < -0.4 is 10.1 Å². The number of amides is 1. The van der Waals surface area contributed by atoms with Crippen molar-refractivity contribution in [2.45, 2.75) is 25.4 Å². The fourth-order valence-corrected chi connectivity index (χ4v) is 2.09. The van der Waals surface area contributed by atoms with E-state index in [4.69, 9.17) is 9.47 Å². The number of methoxy groups -OCH3 is 1. The molecule has 0 radical (unpaired) electrons. The molecule has 1 heterocycles. The summed E-state index contributed by atoms with van der Waals surface area (Å²) in [6, 6.07) is 4.58. The fraction of sp³-hybridized carbons (Fsp3) is 0.500. The first-order valence-corrected chi connectivity index (χ1v) is 6.47. The van der Waals surface area contributed by atoms with Gasteiger partial charge in [-0.2, -0.15) is 0 Å². The molecule has 104 valence electrons. The van der Waals surface area contributed by atoms with Gasteiger partial charge in [0.25, 0.3) is 5.91 Å². The molecule has 1 atom stereocenters. The van der Waals surface area contributed by atoms with E-state index in [1.54, 1.807) is 6.07 Å². The summed E-state index contributed by atoms with van der Waals surface area (Å²) in [5, 5.41) is 12.5. The summed E-state index contributed by atoms with van der Waals surface area (Å²) < 4.78 is 10.6. The van der Waals surface area contributed by atoms with Crippen molar-refractivity contribution in [3.05, 3.63) is 23.8 Å². The summed E-state index contributed by atoms with van der Waals surface area (Å²) in [4.78, 5) is 12.0. The van der Waals surface area contributed by atoms with Crippen LogP contribution >= 0.6 is 0 Å². The summed E-state index contributed by atoms with van der Waals surface area (Å²) in [6.07, 6.45) is 3.25. The predicted octanol–water partition coefficient (Wildman–Crippen LogP) is 1.70. The van der Waals surface area contributed by atoms with E-state index >= 15 is 0 Å². The molecule has 1 aromatic rings. The quantitative estimate of drug-likeness (QED) is 0.869. The predicted molar refractivity (Wildman–Crippen MR) is 70.6 cm³/mol. The van der Waals surface area contributed by atoms with Gasteiger partial charge in [-0.15, -0.1) is 0 Å². The summed E-state index contributed by atoms with van der Waals surface area (Å²) in [5.74, 6) is 0.172. The first-order valence-electron chi connectivity index (χ1n) is 6.47. The largest absolute Gasteiger partial charge is 0.507 e. The van der Waals surface area contributed by atoms with E-state index in [9.17, 15) is 9.90 Å². The first kappa shape index (κ1) is 13.7. The molecule has 5 heteroatoms. The van der Waals surface area contributed by atoms with Gasteiger partial charge in [-0.1, -0.05) is 0 Å². The molecule has 1 saturated heterocycles. The van der Waals surface area contributed by atoms with Crippen LogP contribution in [0.4, 0.5) is 0 Å². The Bertz CT molecular complexity index is 441. The number of rotatable bonds is 4. The molecule has 0 spiro atoms. The zero-order valence-electron chi connectivity index (χ0n) is 11.0. The maximum Gasteiger partial charge on any atom is 0.255 e. The number of carbonyl (C=O) groups excluding carboxylic acids is 1. The Balaban J connectivity index is 1.95. The minimum atomic E-state index is -0.314. The lowest BCUT2D eigenvalue weighted by atomic mass is 10.1. The van der Waals surface area contributed by atoms with Crippen LogP contribution in [0.3, 0.4) is 0 Å². The molecular formula is C14H19NO4. The summed E-state index contributed by atoms with van der Waals surface area (Å²) in [5.41, 5.74) is 0.218. The molecule has 2 rings (SSSR count). The van der Waals surface area contributed by atoms with Gasteiger partial charge in [-0.3, -0.25) is 4.79 Å². The van der Waals surface area contributed by atoms with Crippen LogP contribution in [-0.4, -0.2) is 37.4 Å². The number of ether oxygens (including phenoxy) is 2. The van der Waals surface area contributed by atoms with Gasteiger partial charge in [0.2, 0.25) is 0 Å². The maximum absolute atomic E-state index is 12.0. The lowest BCUT2D eigenvalue weighted by molar-refractivity contribution is 0.0169. The zero-order chi connectivity index (χ0) is 13.7. The molecule has 1 unspecified atom stereocenters. The standard InChI is InChI=1S/C14H19NO4/c1-18-10-5-6-13(16)12(8-10)14(17)15-9-11-4-2-3-7-19-11/h5-6,8,11,16H,2-4,7,9H2,1H3,(H,15,17). The number of aromatic hydroxyl groups is 1. The molecule has 0 aromatic heterocycles. The molecule has 1 amide bonds. The second kappa shape index (κ2) is 6.43. The molecule has 1 aliphatic heterocycles. The Morgan fingerprint density at radius 3 is 3.05 bits per heavy atom. The fourth-order valence-electron chi connectivity index (χ4n) is 2.09. The molecule has 5 nitrogen and oxygen atoms in total. The van der Waals surface area contributed by atoms with Gasteiger partial charge >= 0.3 is 0 Å². The van der Waals surface area contributed by atoms with Crippen LogP contribution in [0.15, 0.2) is 18.2 Å². The second-order valence-corrected chi connectivity index (χ2v) is 4.58. The molecule has 0 bridgehead atoms. The average Bonchev–Trinajstić information content (AvgIpc) is 2.46. The van der Waals surface area contributed by atoms with Crippen molar-refractivity contribution in [1.82, 2.24) is 5.32 Å². The van der Waals surface area contributed by atoms with E-state index in [2.05, 4.69) is 5.32 Å². The van der Waals surface area contributed by atoms with Gasteiger partial charge in [0.1, 0.15) is 11.5 Å². The third-order valence-electron chi connectivity index (χ3n) is 3.21.